The fourth-order valence-electron chi connectivity index (χ4n) is 4.56. The lowest BCUT2D eigenvalue weighted by Gasteiger charge is -2.30. The SMILES string of the molecule is Cc1cccc(C2(CNC(=O)c3cn(C4CCNCC4)nn3)CCCC2)c1. The van der Waals surface area contributed by atoms with E-state index in [1.807, 2.05) is 4.68 Å². The second kappa shape index (κ2) is 7.80. The van der Waals surface area contributed by atoms with Crippen LogP contribution < -0.4 is 10.6 Å². The number of aromatic nitrogens is 3. The van der Waals surface area contributed by atoms with Gasteiger partial charge in [0, 0.05) is 12.0 Å². The van der Waals surface area contributed by atoms with Gasteiger partial charge in [-0.15, -0.1) is 5.10 Å². The molecule has 6 nitrogen and oxygen atoms in total. The van der Waals surface area contributed by atoms with Crippen LogP contribution in [0.4, 0.5) is 0 Å². The van der Waals surface area contributed by atoms with Crippen LogP contribution >= 0.6 is 0 Å². The Morgan fingerprint density at radius 1 is 1.30 bits per heavy atom. The molecular weight excluding hydrogens is 338 g/mol. The van der Waals surface area contributed by atoms with E-state index in [1.54, 1.807) is 6.20 Å². The molecule has 1 saturated carbocycles. The van der Waals surface area contributed by atoms with Crippen molar-refractivity contribution in [2.45, 2.75) is 56.9 Å². The van der Waals surface area contributed by atoms with Gasteiger partial charge in [-0.2, -0.15) is 0 Å². The van der Waals surface area contributed by atoms with Gasteiger partial charge in [-0.1, -0.05) is 47.9 Å². The van der Waals surface area contributed by atoms with Crippen molar-refractivity contribution in [2.24, 2.45) is 0 Å². The van der Waals surface area contributed by atoms with Crippen molar-refractivity contribution in [1.29, 1.82) is 0 Å². The molecule has 1 aliphatic heterocycles. The maximum absolute atomic E-state index is 12.7. The maximum atomic E-state index is 12.7. The number of hydrogen-bond donors (Lipinski definition) is 2. The van der Waals surface area contributed by atoms with Crippen LogP contribution in [0.25, 0.3) is 0 Å². The molecule has 144 valence electrons. The summed E-state index contributed by atoms with van der Waals surface area (Å²) in [5, 5.41) is 14.8. The molecule has 0 unspecified atom stereocenters. The van der Waals surface area contributed by atoms with E-state index < -0.39 is 0 Å². The van der Waals surface area contributed by atoms with Gasteiger partial charge in [0.1, 0.15) is 0 Å². The predicted molar refractivity (Wildman–Crippen MR) is 105 cm³/mol. The Balaban J connectivity index is 1.44. The molecule has 4 rings (SSSR count). The third-order valence-electron chi connectivity index (χ3n) is 6.20. The number of aryl methyl sites for hydroxylation is 1. The van der Waals surface area contributed by atoms with Crippen molar-refractivity contribution in [1.82, 2.24) is 25.6 Å². The molecule has 2 fully saturated rings. The van der Waals surface area contributed by atoms with E-state index in [4.69, 9.17) is 0 Å². The molecule has 0 bridgehead atoms. The van der Waals surface area contributed by atoms with Crippen LogP contribution in [-0.4, -0.2) is 40.5 Å². The van der Waals surface area contributed by atoms with Crippen LogP contribution in [0.5, 0.6) is 0 Å². The number of piperidine rings is 1. The number of amides is 1. The second-order valence-electron chi connectivity index (χ2n) is 8.10. The fraction of sp³-hybridized carbons (Fsp3) is 0.571. The van der Waals surface area contributed by atoms with E-state index in [2.05, 4.69) is 52.1 Å². The standard InChI is InChI=1S/C21H29N5O/c1-16-5-4-6-17(13-16)21(9-2-3-10-21)15-23-20(27)19-14-26(25-24-19)18-7-11-22-12-8-18/h4-6,13-14,18,22H,2-3,7-12,15H2,1H3,(H,23,27). The molecule has 1 saturated heterocycles. The lowest BCUT2D eigenvalue weighted by molar-refractivity contribution is 0.0938. The molecular formula is C21H29N5O. The average molecular weight is 367 g/mol. The predicted octanol–water partition coefficient (Wildman–Crippen LogP) is 2.75. The van der Waals surface area contributed by atoms with E-state index >= 15 is 0 Å². The highest BCUT2D eigenvalue weighted by molar-refractivity contribution is 5.91. The molecule has 6 heteroatoms. The highest BCUT2D eigenvalue weighted by atomic mass is 16.2. The van der Waals surface area contributed by atoms with E-state index in [1.165, 1.54) is 24.0 Å². The van der Waals surface area contributed by atoms with Crippen molar-refractivity contribution in [3.63, 3.8) is 0 Å². The number of nitrogens with one attached hydrogen (secondary N) is 2. The molecule has 0 atom stereocenters. The molecule has 2 aromatic rings. The van der Waals surface area contributed by atoms with Crippen molar-refractivity contribution in [3.8, 4) is 0 Å². The fourth-order valence-corrected chi connectivity index (χ4v) is 4.56. The van der Waals surface area contributed by atoms with Gasteiger partial charge in [0.15, 0.2) is 5.69 Å². The summed E-state index contributed by atoms with van der Waals surface area (Å²) in [6.07, 6.45) is 8.55. The first-order chi connectivity index (χ1) is 13.2. The number of hydrogen-bond acceptors (Lipinski definition) is 4. The molecule has 0 radical (unpaired) electrons. The molecule has 1 aromatic heterocycles. The Morgan fingerprint density at radius 3 is 2.81 bits per heavy atom. The van der Waals surface area contributed by atoms with Crippen LogP contribution in [0.2, 0.25) is 0 Å². The number of carbonyl (C=O) groups is 1. The van der Waals surface area contributed by atoms with Gasteiger partial charge in [0.25, 0.3) is 5.91 Å². The average Bonchev–Trinajstić information content (AvgIpc) is 3.38. The molecule has 2 aliphatic rings. The van der Waals surface area contributed by atoms with Crippen molar-refractivity contribution in [2.75, 3.05) is 19.6 Å². The third-order valence-corrected chi connectivity index (χ3v) is 6.20. The lowest BCUT2D eigenvalue weighted by Crippen LogP contribution is -2.39. The van der Waals surface area contributed by atoms with Gasteiger partial charge in [-0.05, 0) is 51.3 Å². The molecule has 1 aliphatic carbocycles. The molecule has 1 amide bonds. The maximum Gasteiger partial charge on any atom is 0.273 e. The zero-order chi connectivity index (χ0) is 18.7. The lowest BCUT2D eigenvalue weighted by atomic mass is 9.78. The summed E-state index contributed by atoms with van der Waals surface area (Å²) in [7, 11) is 0. The van der Waals surface area contributed by atoms with Gasteiger partial charge >= 0.3 is 0 Å². The van der Waals surface area contributed by atoms with E-state index in [9.17, 15) is 4.79 Å². The Morgan fingerprint density at radius 2 is 2.07 bits per heavy atom. The minimum absolute atomic E-state index is 0.0483. The topological polar surface area (TPSA) is 71.8 Å². The smallest absolute Gasteiger partial charge is 0.273 e. The van der Waals surface area contributed by atoms with Crippen molar-refractivity contribution < 1.29 is 4.79 Å². The third kappa shape index (κ3) is 3.90. The molecule has 2 heterocycles. The highest BCUT2D eigenvalue weighted by Gasteiger charge is 2.36. The first-order valence-corrected chi connectivity index (χ1v) is 10.1. The molecule has 0 spiro atoms. The normalized spacial score (nSPS) is 19.9. The zero-order valence-corrected chi connectivity index (χ0v) is 16.1. The van der Waals surface area contributed by atoms with Crippen LogP contribution in [-0.2, 0) is 5.41 Å². The van der Waals surface area contributed by atoms with Crippen LogP contribution in [0.1, 0.15) is 66.2 Å². The molecule has 27 heavy (non-hydrogen) atoms. The van der Waals surface area contributed by atoms with Crippen molar-refractivity contribution in [3.05, 3.63) is 47.3 Å². The monoisotopic (exact) mass is 367 g/mol. The summed E-state index contributed by atoms with van der Waals surface area (Å²) in [5.41, 5.74) is 3.09. The minimum atomic E-state index is -0.117. The first-order valence-electron chi connectivity index (χ1n) is 10.1. The van der Waals surface area contributed by atoms with Crippen molar-refractivity contribution >= 4 is 5.91 Å². The van der Waals surface area contributed by atoms with Gasteiger partial charge in [-0.3, -0.25) is 4.79 Å². The first kappa shape index (κ1) is 18.2. The zero-order valence-electron chi connectivity index (χ0n) is 16.1. The van der Waals surface area contributed by atoms with E-state index in [0.29, 0.717) is 18.3 Å². The van der Waals surface area contributed by atoms with Gasteiger partial charge in [0.2, 0.25) is 0 Å². The van der Waals surface area contributed by atoms with Gasteiger partial charge in [0.05, 0.1) is 12.2 Å². The summed E-state index contributed by atoms with van der Waals surface area (Å²) in [6.45, 7) is 4.77. The van der Waals surface area contributed by atoms with Gasteiger partial charge in [-0.25, -0.2) is 4.68 Å². The summed E-state index contributed by atoms with van der Waals surface area (Å²) >= 11 is 0. The summed E-state index contributed by atoms with van der Waals surface area (Å²) < 4.78 is 1.86. The number of rotatable bonds is 5. The Hall–Kier alpha value is -2.21. The quantitative estimate of drug-likeness (QED) is 0.852. The van der Waals surface area contributed by atoms with E-state index in [0.717, 1.165) is 38.8 Å². The summed E-state index contributed by atoms with van der Waals surface area (Å²) in [6, 6.07) is 9.07. The van der Waals surface area contributed by atoms with Crippen LogP contribution in [0.3, 0.4) is 0 Å². The van der Waals surface area contributed by atoms with Gasteiger partial charge < -0.3 is 10.6 Å². The highest BCUT2D eigenvalue weighted by Crippen LogP contribution is 2.40. The van der Waals surface area contributed by atoms with E-state index in [-0.39, 0.29) is 11.3 Å². The summed E-state index contributed by atoms with van der Waals surface area (Å²) in [5.74, 6) is -0.117. The minimum Gasteiger partial charge on any atom is -0.350 e. The number of nitrogens with zero attached hydrogens (tertiary/aromatic N) is 3. The summed E-state index contributed by atoms with van der Waals surface area (Å²) in [4.78, 5) is 12.7. The molecule has 2 N–H and O–H groups in total. The number of carbonyl (C=O) groups excluding carboxylic acids is 1. The Kier molecular flexibility index (Phi) is 5.25. The van der Waals surface area contributed by atoms with Crippen LogP contribution in [0, 0.1) is 6.92 Å². The largest absolute Gasteiger partial charge is 0.350 e. The molecule has 1 aromatic carbocycles. The number of benzene rings is 1. The Labute approximate surface area is 160 Å². The van der Waals surface area contributed by atoms with Crippen LogP contribution in [0.15, 0.2) is 30.5 Å². The second-order valence-corrected chi connectivity index (χ2v) is 8.10. The Bertz CT molecular complexity index is 787.